The van der Waals surface area contributed by atoms with E-state index in [0.29, 0.717) is 23.5 Å². The molecule has 0 aliphatic heterocycles. The topological polar surface area (TPSA) is 30.5 Å². The van der Waals surface area contributed by atoms with Crippen LogP contribution in [0.5, 0.6) is 0 Å². The summed E-state index contributed by atoms with van der Waals surface area (Å²) in [6.07, 6.45) is 5.68. The Bertz CT molecular complexity index is 318. The fourth-order valence-electron chi connectivity index (χ4n) is 4.34. The third-order valence-corrected chi connectivity index (χ3v) is 6.22. The maximum Gasteiger partial charge on any atom is 0.0936 e. The zero-order valence-electron chi connectivity index (χ0n) is 14.0. The smallest absolute Gasteiger partial charge is 0.0936 e. The summed E-state index contributed by atoms with van der Waals surface area (Å²) in [4.78, 5) is 0. The average Bonchev–Trinajstić information content (AvgIpc) is 2.72. The molecule has 2 fully saturated rings. The maximum absolute atomic E-state index is 6.48. The normalized spacial score (nSPS) is 36.5. The first kappa shape index (κ1) is 16.3. The molecule has 0 aromatic rings. The maximum atomic E-state index is 6.48. The van der Waals surface area contributed by atoms with E-state index < -0.39 is 0 Å². The summed E-state index contributed by atoms with van der Waals surface area (Å²) in [5.74, 6) is 0.837. The van der Waals surface area contributed by atoms with E-state index in [2.05, 4.69) is 33.0 Å². The molecule has 0 saturated heterocycles. The molecule has 3 heteroatoms. The second-order valence-corrected chi connectivity index (χ2v) is 7.52. The molecule has 0 amide bonds. The number of hydrogen-bond donors (Lipinski definition) is 1. The lowest BCUT2D eigenvalue weighted by Crippen LogP contribution is -2.43. The van der Waals surface area contributed by atoms with Crippen molar-refractivity contribution in [3.05, 3.63) is 0 Å². The molecule has 1 N–H and O–H groups in total. The minimum Gasteiger partial charge on any atom is -0.382 e. The van der Waals surface area contributed by atoms with Crippen LogP contribution in [0, 0.1) is 16.7 Å². The van der Waals surface area contributed by atoms with Gasteiger partial charge in [-0.25, -0.2) is 0 Å². The monoisotopic (exact) mass is 283 g/mol. The van der Waals surface area contributed by atoms with Gasteiger partial charge in [0.05, 0.1) is 18.8 Å². The molecular formula is C17H33NO2. The molecule has 20 heavy (non-hydrogen) atoms. The largest absolute Gasteiger partial charge is 0.382 e. The molecule has 0 heterocycles. The first-order chi connectivity index (χ1) is 9.45. The third-order valence-electron chi connectivity index (χ3n) is 6.22. The van der Waals surface area contributed by atoms with Gasteiger partial charge in [-0.3, -0.25) is 0 Å². The Labute approximate surface area is 124 Å². The molecule has 2 bridgehead atoms. The number of nitrogens with one attached hydrogen (secondary N) is 1. The van der Waals surface area contributed by atoms with E-state index in [9.17, 15) is 0 Å². The molecule has 2 saturated carbocycles. The van der Waals surface area contributed by atoms with Crippen LogP contribution >= 0.6 is 0 Å². The number of hydrogen-bond acceptors (Lipinski definition) is 3. The minimum absolute atomic E-state index is 0.184. The van der Waals surface area contributed by atoms with Gasteiger partial charge in [0.2, 0.25) is 0 Å². The molecule has 2 aliphatic rings. The molecule has 118 valence electrons. The molecule has 0 aromatic carbocycles. The molecule has 0 spiro atoms. The van der Waals surface area contributed by atoms with Crippen molar-refractivity contribution >= 4 is 0 Å². The van der Waals surface area contributed by atoms with Gasteiger partial charge in [-0.15, -0.1) is 0 Å². The van der Waals surface area contributed by atoms with Crippen molar-refractivity contribution in [2.45, 2.75) is 65.6 Å². The van der Waals surface area contributed by atoms with Gasteiger partial charge in [-0.1, -0.05) is 27.7 Å². The van der Waals surface area contributed by atoms with Gasteiger partial charge in [0.15, 0.2) is 0 Å². The van der Waals surface area contributed by atoms with Crippen molar-refractivity contribution < 1.29 is 9.47 Å². The van der Waals surface area contributed by atoms with E-state index in [1.54, 1.807) is 7.11 Å². The van der Waals surface area contributed by atoms with Gasteiger partial charge in [-0.2, -0.15) is 0 Å². The van der Waals surface area contributed by atoms with Gasteiger partial charge in [0.1, 0.15) is 0 Å². The second kappa shape index (κ2) is 6.33. The van der Waals surface area contributed by atoms with Crippen LogP contribution in [0.1, 0.15) is 53.4 Å². The van der Waals surface area contributed by atoms with E-state index >= 15 is 0 Å². The molecular weight excluding hydrogens is 250 g/mol. The number of ether oxygens (including phenoxy) is 2. The number of fused-ring (bicyclic) bond motifs is 2. The van der Waals surface area contributed by atoms with Gasteiger partial charge in [0.25, 0.3) is 0 Å². The van der Waals surface area contributed by atoms with Crippen LogP contribution in [0.3, 0.4) is 0 Å². The third kappa shape index (κ3) is 2.77. The quantitative estimate of drug-likeness (QED) is 0.694. The highest BCUT2D eigenvalue weighted by Gasteiger charge is 2.62. The Morgan fingerprint density at radius 3 is 2.55 bits per heavy atom. The Morgan fingerprint density at radius 2 is 2.05 bits per heavy atom. The van der Waals surface area contributed by atoms with Gasteiger partial charge < -0.3 is 14.8 Å². The van der Waals surface area contributed by atoms with Crippen LogP contribution in [0.25, 0.3) is 0 Å². The van der Waals surface area contributed by atoms with Crippen molar-refractivity contribution in [1.29, 1.82) is 0 Å². The highest BCUT2D eigenvalue weighted by atomic mass is 16.5. The number of methoxy groups -OCH3 is 1. The van der Waals surface area contributed by atoms with Crippen molar-refractivity contribution in [1.82, 2.24) is 5.32 Å². The van der Waals surface area contributed by atoms with Crippen molar-refractivity contribution in [2.75, 3.05) is 26.8 Å². The van der Waals surface area contributed by atoms with Crippen LogP contribution in [0.15, 0.2) is 0 Å². The fraction of sp³-hybridized carbons (Fsp3) is 1.00. The summed E-state index contributed by atoms with van der Waals surface area (Å²) in [6.45, 7) is 12.2. The average molecular weight is 283 g/mol. The Balaban J connectivity index is 1.94. The Hall–Kier alpha value is -0.120. The lowest BCUT2D eigenvalue weighted by molar-refractivity contribution is -0.104. The van der Waals surface area contributed by atoms with E-state index in [4.69, 9.17) is 9.47 Å². The lowest BCUT2D eigenvalue weighted by Gasteiger charge is -2.40. The van der Waals surface area contributed by atoms with Gasteiger partial charge in [-0.05, 0) is 49.0 Å². The van der Waals surface area contributed by atoms with Crippen molar-refractivity contribution in [3.63, 3.8) is 0 Å². The van der Waals surface area contributed by atoms with Crippen LogP contribution in [0.4, 0.5) is 0 Å². The van der Waals surface area contributed by atoms with Gasteiger partial charge >= 0.3 is 0 Å². The van der Waals surface area contributed by atoms with E-state index in [1.807, 2.05) is 0 Å². The fourth-order valence-corrected chi connectivity index (χ4v) is 4.34. The molecule has 4 atom stereocenters. The molecule has 2 rings (SSSR count). The molecule has 3 nitrogen and oxygen atoms in total. The summed E-state index contributed by atoms with van der Waals surface area (Å²) in [6, 6.07) is 0. The summed E-state index contributed by atoms with van der Waals surface area (Å²) in [5, 5.41) is 3.47. The first-order valence-electron chi connectivity index (χ1n) is 8.30. The van der Waals surface area contributed by atoms with Crippen LogP contribution < -0.4 is 5.32 Å². The van der Waals surface area contributed by atoms with E-state index in [1.165, 1.54) is 19.3 Å². The van der Waals surface area contributed by atoms with E-state index in [-0.39, 0.29) is 6.10 Å². The van der Waals surface area contributed by atoms with E-state index in [0.717, 1.165) is 25.4 Å². The minimum atomic E-state index is 0.184. The lowest BCUT2D eigenvalue weighted by atomic mass is 9.70. The molecule has 0 radical (unpaired) electrons. The highest BCUT2D eigenvalue weighted by molar-refractivity contribution is 5.11. The summed E-state index contributed by atoms with van der Waals surface area (Å²) < 4.78 is 11.8. The molecule has 0 aromatic heterocycles. The highest BCUT2D eigenvalue weighted by Crippen LogP contribution is 2.66. The summed E-state index contributed by atoms with van der Waals surface area (Å²) in [7, 11) is 1.77. The van der Waals surface area contributed by atoms with Crippen molar-refractivity contribution in [2.24, 2.45) is 16.7 Å². The predicted molar refractivity (Wildman–Crippen MR) is 82.9 cm³/mol. The molecule has 4 unspecified atom stereocenters. The predicted octanol–water partition coefficient (Wildman–Crippen LogP) is 3.23. The summed E-state index contributed by atoms with van der Waals surface area (Å²) >= 11 is 0. The van der Waals surface area contributed by atoms with Crippen LogP contribution in [-0.2, 0) is 9.47 Å². The molecule has 2 aliphatic carbocycles. The standard InChI is InChI=1S/C17H33NO2/c1-6-9-18-11-14(12-19-5)20-15-10-13-7-8-17(15,4)16(13,2)3/h13-15,18H,6-12H2,1-5H3. The Kier molecular flexibility index (Phi) is 5.14. The van der Waals surface area contributed by atoms with Gasteiger partial charge in [0, 0.05) is 13.7 Å². The van der Waals surface area contributed by atoms with Crippen LogP contribution in [-0.4, -0.2) is 39.0 Å². The SMILES string of the molecule is CCCNCC(COC)OC1CC2CCC1(C)C2(C)C. The second-order valence-electron chi connectivity index (χ2n) is 7.52. The van der Waals surface area contributed by atoms with Crippen LogP contribution in [0.2, 0.25) is 0 Å². The zero-order valence-corrected chi connectivity index (χ0v) is 14.0. The summed E-state index contributed by atoms with van der Waals surface area (Å²) in [5.41, 5.74) is 0.764. The zero-order chi connectivity index (χ0) is 14.8. The first-order valence-corrected chi connectivity index (χ1v) is 8.30. The van der Waals surface area contributed by atoms with Crippen molar-refractivity contribution in [3.8, 4) is 0 Å². The number of rotatable bonds is 8. The Morgan fingerprint density at radius 1 is 1.30 bits per heavy atom.